The molecule has 5 heteroatoms. The number of ether oxygens (including phenoxy) is 1. The van der Waals surface area contributed by atoms with Gasteiger partial charge in [-0.2, -0.15) is 0 Å². The van der Waals surface area contributed by atoms with Crippen LogP contribution in [0.1, 0.15) is 31.4 Å². The summed E-state index contributed by atoms with van der Waals surface area (Å²) in [4.78, 5) is 27.6. The van der Waals surface area contributed by atoms with Crippen LogP contribution in [0.5, 0.6) is 0 Å². The Labute approximate surface area is 149 Å². The van der Waals surface area contributed by atoms with Crippen molar-refractivity contribution in [3.05, 3.63) is 48.0 Å². The molecule has 134 valence electrons. The first-order valence-electron chi connectivity index (χ1n) is 9.03. The molecule has 0 radical (unpaired) electrons. The lowest BCUT2D eigenvalue weighted by molar-refractivity contribution is -0.145. The number of morpholine rings is 1. The zero-order chi connectivity index (χ0) is 17.6. The highest BCUT2D eigenvalue weighted by Gasteiger charge is 2.37. The number of hydrogen-bond acceptors (Lipinski definition) is 3. The molecule has 0 saturated carbocycles. The molecule has 0 bridgehead atoms. The van der Waals surface area contributed by atoms with Gasteiger partial charge in [-0.25, -0.2) is 0 Å². The lowest BCUT2D eigenvalue weighted by Crippen LogP contribution is -2.48. The number of rotatable bonds is 4. The fourth-order valence-electron chi connectivity index (χ4n) is 3.54. The largest absolute Gasteiger partial charge is 0.378 e. The lowest BCUT2D eigenvalue weighted by Gasteiger charge is -2.34. The summed E-state index contributed by atoms with van der Waals surface area (Å²) in [6.07, 6.45) is 5.29. The first-order chi connectivity index (χ1) is 12.2. The van der Waals surface area contributed by atoms with Crippen LogP contribution in [-0.4, -0.2) is 43.0 Å². The van der Waals surface area contributed by atoms with E-state index in [1.165, 1.54) is 0 Å². The Morgan fingerprint density at radius 2 is 1.72 bits per heavy atom. The number of carbonyl (C=O) groups is 2. The van der Waals surface area contributed by atoms with E-state index in [0.29, 0.717) is 39.1 Å². The van der Waals surface area contributed by atoms with Crippen LogP contribution in [0.2, 0.25) is 0 Å². The van der Waals surface area contributed by atoms with Gasteiger partial charge in [-0.1, -0.05) is 42.5 Å². The highest BCUT2D eigenvalue weighted by Crippen LogP contribution is 2.29. The van der Waals surface area contributed by atoms with Crippen LogP contribution in [0.3, 0.4) is 0 Å². The van der Waals surface area contributed by atoms with Gasteiger partial charge in [0.1, 0.15) is 0 Å². The SMILES string of the molecule is C[C@H](NC(=O)C1CC=CCC1C(=O)N1CCOCC1)c1ccccc1. The summed E-state index contributed by atoms with van der Waals surface area (Å²) in [6, 6.07) is 9.82. The Balaban J connectivity index is 1.66. The molecule has 1 aromatic carbocycles. The van der Waals surface area contributed by atoms with Gasteiger partial charge in [-0.3, -0.25) is 9.59 Å². The number of amides is 2. The Kier molecular flexibility index (Phi) is 5.87. The van der Waals surface area contributed by atoms with Crippen molar-refractivity contribution >= 4 is 11.8 Å². The summed E-state index contributed by atoms with van der Waals surface area (Å²) in [5.41, 5.74) is 1.07. The summed E-state index contributed by atoms with van der Waals surface area (Å²) in [5.74, 6) is -0.523. The van der Waals surface area contributed by atoms with E-state index in [1.807, 2.05) is 54.3 Å². The molecule has 5 nitrogen and oxygen atoms in total. The second-order valence-electron chi connectivity index (χ2n) is 6.73. The third kappa shape index (κ3) is 4.28. The van der Waals surface area contributed by atoms with Crippen molar-refractivity contribution < 1.29 is 14.3 Å². The third-order valence-corrected chi connectivity index (χ3v) is 5.07. The van der Waals surface area contributed by atoms with Crippen LogP contribution in [0.4, 0.5) is 0 Å². The molecule has 3 atom stereocenters. The Bertz CT molecular complexity index is 623. The predicted octanol–water partition coefficient (Wildman–Crippen LogP) is 2.30. The first-order valence-corrected chi connectivity index (χ1v) is 9.03. The molecule has 1 aliphatic carbocycles. The van der Waals surface area contributed by atoms with Gasteiger partial charge in [0.05, 0.1) is 31.1 Å². The highest BCUT2D eigenvalue weighted by molar-refractivity contribution is 5.88. The van der Waals surface area contributed by atoms with Crippen molar-refractivity contribution in [2.75, 3.05) is 26.3 Å². The van der Waals surface area contributed by atoms with Crippen LogP contribution >= 0.6 is 0 Å². The maximum Gasteiger partial charge on any atom is 0.226 e. The smallest absolute Gasteiger partial charge is 0.226 e. The standard InChI is InChI=1S/C20H26N2O3/c1-15(16-7-3-2-4-8-16)21-19(23)17-9-5-6-10-18(17)20(24)22-11-13-25-14-12-22/h2-8,15,17-18H,9-14H2,1H3,(H,21,23)/t15-,17?,18?/m0/s1. The van der Waals surface area contributed by atoms with E-state index in [1.54, 1.807) is 0 Å². The second-order valence-corrected chi connectivity index (χ2v) is 6.73. The molecule has 1 N–H and O–H groups in total. The van der Waals surface area contributed by atoms with Gasteiger partial charge >= 0.3 is 0 Å². The van der Waals surface area contributed by atoms with E-state index in [4.69, 9.17) is 4.74 Å². The fraction of sp³-hybridized carbons (Fsp3) is 0.500. The molecule has 0 spiro atoms. The van der Waals surface area contributed by atoms with Gasteiger partial charge in [0.15, 0.2) is 0 Å². The lowest BCUT2D eigenvalue weighted by atomic mass is 9.81. The van der Waals surface area contributed by atoms with Gasteiger partial charge in [0, 0.05) is 13.1 Å². The molecule has 2 aliphatic rings. The molecule has 1 aliphatic heterocycles. The highest BCUT2D eigenvalue weighted by atomic mass is 16.5. The number of nitrogens with one attached hydrogen (secondary N) is 1. The molecule has 1 saturated heterocycles. The van der Waals surface area contributed by atoms with Crippen molar-refractivity contribution in [2.24, 2.45) is 11.8 Å². The zero-order valence-electron chi connectivity index (χ0n) is 14.7. The van der Waals surface area contributed by atoms with Crippen LogP contribution in [0, 0.1) is 11.8 Å². The maximum absolute atomic E-state index is 12.9. The number of carbonyl (C=O) groups excluding carboxylic acids is 2. The fourth-order valence-corrected chi connectivity index (χ4v) is 3.54. The predicted molar refractivity (Wildman–Crippen MR) is 95.8 cm³/mol. The zero-order valence-corrected chi connectivity index (χ0v) is 14.7. The van der Waals surface area contributed by atoms with E-state index in [-0.39, 0.29) is 29.7 Å². The van der Waals surface area contributed by atoms with Gasteiger partial charge < -0.3 is 15.0 Å². The third-order valence-electron chi connectivity index (χ3n) is 5.07. The van der Waals surface area contributed by atoms with E-state index in [2.05, 4.69) is 5.32 Å². The van der Waals surface area contributed by atoms with E-state index in [9.17, 15) is 9.59 Å². The molecule has 1 fully saturated rings. The van der Waals surface area contributed by atoms with Crippen molar-refractivity contribution in [3.8, 4) is 0 Å². The molecule has 25 heavy (non-hydrogen) atoms. The molecule has 1 heterocycles. The Morgan fingerprint density at radius 1 is 1.08 bits per heavy atom. The minimum absolute atomic E-state index is 0.0349. The van der Waals surface area contributed by atoms with Crippen molar-refractivity contribution in [1.82, 2.24) is 10.2 Å². The maximum atomic E-state index is 12.9. The molecule has 2 unspecified atom stereocenters. The molecule has 0 aromatic heterocycles. The van der Waals surface area contributed by atoms with E-state index < -0.39 is 0 Å². The quantitative estimate of drug-likeness (QED) is 0.854. The monoisotopic (exact) mass is 342 g/mol. The van der Waals surface area contributed by atoms with Crippen LogP contribution in [0.15, 0.2) is 42.5 Å². The van der Waals surface area contributed by atoms with Crippen molar-refractivity contribution in [1.29, 1.82) is 0 Å². The summed E-state index contributed by atoms with van der Waals surface area (Å²) in [5, 5.41) is 3.09. The number of nitrogens with zero attached hydrogens (tertiary/aromatic N) is 1. The number of hydrogen-bond donors (Lipinski definition) is 1. The van der Waals surface area contributed by atoms with E-state index >= 15 is 0 Å². The molecule has 1 aromatic rings. The number of allylic oxidation sites excluding steroid dienone is 2. The second kappa shape index (κ2) is 8.30. The van der Waals surface area contributed by atoms with Crippen LogP contribution in [-0.2, 0) is 14.3 Å². The molecule has 2 amide bonds. The molecular formula is C20H26N2O3. The minimum atomic E-state index is -0.300. The van der Waals surface area contributed by atoms with Crippen LogP contribution < -0.4 is 5.32 Å². The van der Waals surface area contributed by atoms with Crippen LogP contribution in [0.25, 0.3) is 0 Å². The Hall–Kier alpha value is -2.14. The first kappa shape index (κ1) is 17.7. The van der Waals surface area contributed by atoms with Gasteiger partial charge in [-0.05, 0) is 25.3 Å². The van der Waals surface area contributed by atoms with Gasteiger partial charge in [0.25, 0.3) is 0 Å². The average molecular weight is 342 g/mol. The van der Waals surface area contributed by atoms with Gasteiger partial charge in [0.2, 0.25) is 11.8 Å². The molecular weight excluding hydrogens is 316 g/mol. The normalized spacial score (nSPS) is 24.6. The van der Waals surface area contributed by atoms with Gasteiger partial charge in [-0.15, -0.1) is 0 Å². The summed E-state index contributed by atoms with van der Waals surface area (Å²) in [6.45, 7) is 4.37. The average Bonchev–Trinajstić information content (AvgIpc) is 2.68. The summed E-state index contributed by atoms with van der Waals surface area (Å²) < 4.78 is 5.33. The summed E-state index contributed by atoms with van der Waals surface area (Å²) >= 11 is 0. The topological polar surface area (TPSA) is 58.6 Å². The van der Waals surface area contributed by atoms with Crippen molar-refractivity contribution in [2.45, 2.75) is 25.8 Å². The van der Waals surface area contributed by atoms with Crippen molar-refractivity contribution in [3.63, 3.8) is 0 Å². The van der Waals surface area contributed by atoms with E-state index in [0.717, 1.165) is 5.56 Å². The summed E-state index contributed by atoms with van der Waals surface area (Å²) in [7, 11) is 0. The minimum Gasteiger partial charge on any atom is -0.378 e. The number of benzene rings is 1. The molecule has 3 rings (SSSR count). The Morgan fingerprint density at radius 3 is 2.40 bits per heavy atom.